The van der Waals surface area contributed by atoms with Crippen molar-refractivity contribution in [3.63, 3.8) is 0 Å². The van der Waals surface area contributed by atoms with Gasteiger partial charge in [0.15, 0.2) is 0 Å². The fraction of sp³-hybridized carbons (Fsp3) is 0.621. The third-order valence-electron chi connectivity index (χ3n) is 8.57. The molecule has 0 saturated carbocycles. The molecule has 1 amide bonds. The van der Waals surface area contributed by atoms with Gasteiger partial charge < -0.3 is 19.3 Å². The van der Waals surface area contributed by atoms with E-state index in [1.165, 1.54) is 25.2 Å². The van der Waals surface area contributed by atoms with Gasteiger partial charge in [0.25, 0.3) is 5.91 Å². The minimum absolute atomic E-state index is 0.112. The first-order valence-electron chi connectivity index (χ1n) is 14.0. The molecule has 1 aromatic carbocycles. The monoisotopic (exact) mass is 546 g/mol. The molecule has 0 spiro atoms. The Morgan fingerprint density at radius 1 is 1.08 bits per heavy atom. The Morgan fingerprint density at radius 2 is 1.90 bits per heavy atom. The Morgan fingerprint density at radius 3 is 2.67 bits per heavy atom. The zero-order valence-electron chi connectivity index (χ0n) is 22.5. The number of fused-ring (bicyclic) bond motifs is 1. The van der Waals surface area contributed by atoms with Gasteiger partial charge in [-0.05, 0) is 67.2 Å². The van der Waals surface area contributed by atoms with E-state index in [9.17, 15) is 18.0 Å². The van der Waals surface area contributed by atoms with Gasteiger partial charge in [0.1, 0.15) is 17.8 Å². The van der Waals surface area contributed by atoms with E-state index in [1.54, 1.807) is 19.2 Å². The van der Waals surface area contributed by atoms with Crippen molar-refractivity contribution >= 4 is 11.7 Å². The molecule has 0 radical (unpaired) electrons. The maximum atomic E-state index is 13.3. The van der Waals surface area contributed by atoms with E-state index in [-0.39, 0.29) is 12.0 Å². The molecule has 0 bridgehead atoms. The predicted octanol–water partition coefficient (Wildman–Crippen LogP) is 5.13. The number of anilines is 1. The van der Waals surface area contributed by atoms with E-state index in [1.807, 2.05) is 9.80 Å². The van der Waals surface area contributed by atoms with E-state index in [4.69, 9.17) is 9.47 Å². The molecule has 0 N–H and O–H groups in total. The highest BCUT2D eigenvalue weighted by molar-refractivity contribution is 5.93. The molecule has 4 heterocycles. The second-order valence-electron chi connectivity index (χ2n) is 11.0. The average Bonchev–Trinajstić information content (AvgIpc) is 2.96. The quantitative estimate of drug-likeness (QED) is 0.480. The van der Waals surface area contributed by atoms with Gasteiger partial charge >= 0.3 is 6.18 Å². The highest BCUT2D eigenvalue weighted by Gasteiger charge is 2.32. The molecule has 0 aliphatic carbocycles. The van der Waals surface area contributed by atoms with Crippen LogP contribution in [0.4, 0.5) is 19.0 Å². The number of halogens is 3. The van der Waals surface area contributed by atoms with Gasteiger partial charge in [-0.1, -0.05) is 18.9 Å². The van der Waals surface area contributed by atoms with Gasteiger partial charge in [0.05, 0.1) is 18.3 Å². The molecule has 212 valence electrons. The molecule has 3 aliphatic rings. The first-order valence-corrected chi connectivity index (χ1v) is 14.0. The molecule has 7 nitrogen and oxygen atoms in total. The maximum absolute atomic E-state index is 13.3. The third kappa shape index (κ3) is 6.72. The molecule has 10 heteroatoms. The predicted molar refractivity (Wildman–Crippen MR) is 140 cm³/mol. The number of hydrogen-bond donors (Lipinski definition) is 0. The van der Waals surface area contributed by atoms with Gasteiger partial charge in [-0.25, -0.2) is 9.97 Å². The summed E-state index contributed by atoms with van der Waals surface area (Å²) in [4.78, 5) is 25.6. The fourth-order valence-electron chi connectivity index (χ4n) is 6.17. The van der Waals surface area contributed by atoms with Crippen LogP contribution in [0.3, 0.4) is 0 Å². The molecular formula is C29H37F3N4O3. The number of amides is 1. The van der Waals surface area contributed by atoms with Crippen LogP contribution in [0.25, 0.3) is 0 Å². The molecule has 2 fully saturated rings. The molecule has 2 unspecified atom stereocenters. The number of aromatic nitrogens is 2. The molecule has 5 rings (SSSR count). The molecule has 2 saturated heterocycles. The highest BCUT2D eigenvalue weighted by Crippen LogP contribution is 2.33. The zero-order chi connectivity index (χ0) is 27.4. The summed E-state index contributed by atoms with van der Waals surface area (Å²) in [7, 11) is 1.76. The van der Waals surface area contributed by atoms with Gasteiger partial charge in [-0.15, -0.1) is 0 Å². The normalized spacial score (nSPS) is 22.6. The number of benzene rings is 1. The van der Waals surface area contributed by atoms with Crippen molar-refractivity contribution in [2.24, 2.45) is 11.8 Å². The summed E-state index contributed by atoms with van der Waals surface area (Å²) in [6.45, 7) is 3.86. The van der Waals surface area contributed by atoms with E-state index in [0.29, 0.717) is 68.1 Å². The van der Waals surface area contributed by atoms with Crippen LogP contribution in [-0.4, -0.2) is 66.8 Å². The number of nitrogens with zero attached hydrogens (tertiary/aromatic N) is 4. The first-order chi connectivity index (χ1) is 18.8. The average molecular weight is 547 g/mol. The van der Waals surface area contributed by atoms with E-state index < -0.39 is 11.7 Å². The maximum Gasteiger partial charge on any atom is 0.416 e. The lowest BCUT2D eigenvalue weighted by molar-refractivity contribution is -0.137. The standard InChI is InChI=1S/C29H37F3N4O3/c1-38-26-18-39-14-10-22(26)4-2-3-20-7-11-35(12-8-20)28(37)25-16-27(34-19-33-25)36-13-9-21-5-6-24(29(30,31)32)15-23(21)17-36/h5-6,15-16,19-20,22,26H,2-4,7-14,17-18H2,1H3. The van der Waals surface area contributed by atoms with Gasteiger partial charge in [0, 0.05) is 46.0 Å². The number of likely N-dealkylation sites (tertiary alicyclic amines) is 1. The van der Waals surface area contributed by atoms with Crippen LogP contribution in [0.1, 0.15) is 65.7 Å². The summed E-state index contributed by atoms with van der Waals surface area (Å²) in [6.07, 6.45) is 4.33. The highest BCUT2D eigenvalue weighted by atomic mass is 19.4. The van der Waals surface area contributed by atoms with Gasteiger partial charge in [0.2, 0.25) is 0 Å². The second kappa shape index (κ2) is 12.2. The van der Waals surface area contributed by atoms with Crippen LogP contribution in [0.2, 0.25) is 0 Å². The first kappa shape index (κ1) is 27.8. The van der Waals surface area contributed by atoms with Crippen LogP contribution in [-0.2, 0) is 28.6 Å². The Kier molecular flexibility index (Phi) is 8.71. The van der Waals surface area contributed by atoms with Crippen molar-refractivity contribution in [2.75, 3.05) is 44.9 Å². The second-order valence-corrected chi connectivity index (χ2v) is 11.0. The van der Waals surface area contributed by atoms with Crippen molar-refractivity contribution in [3.05, 3.63) is 53.0 Å². The number of rotatable bonds is 7. The van der Waals surface area contributed by atoms with Crippen molar-refractivity contribution in [1.29, 1.82) is 0 Å². The molecule has 39 heavy (non-hydrogen) atoms. The number of methoxy groups -OCH3 is 1. The lowest BCUT2D eigenvalue weighted by Gasteiger charge is -2.33. The molecule has 2 aromatic rings. The van der Waals surface area contributed by atoms with Gasteiger partial charge in [-0.2, -0.15) is 13.2 Å². The lowest BCUT2D eigenvalue weighted by Crippen LogP contribution is -2.39. The van der Waals surface area contributed by atoms with Crippen LogP contribution < -0.4 is 4.90 Å². The van der Waals surface area contributed by atoms with Crippen LogP contribution in [0, 0.1) is 11.8 Å². The zero-order valence-corrected chi connectivity index (χ0v) is 22.5. The molecule has 1 aromatic heterocycles. The Hall–Kier alpha value is -2.72. The number of carbonyl (C=O) groups excluding carboxylic acids is 1. The van der Waals surface area contributed by atoms with Crippen LogP contribution in [0.5, 0.6) is 0 Å². The lowest BCUT2D eigenvalue weighted by atomic mass is 9.86. The smallest absolute Gasteiger partial charge is 0.379 e. The Bertz CT molecular complexity index is 1140. The topological polar surface area (TPSA) is 67.8 Å². The Balaban J connectivity index is 1.13. The number of hydrogen-bond acceptors (Lipinski definition) is 6. The van der Waals surface area contributed by atoms with E-state index >= 15 is 0 Å². The summed E-state index contributed by atoms with van der Waals surface area (Å²) in [6, 6.07) is 5.60. The number of alkyl halides is 3. The largest absolute Gasteiger partial charge is 0.416 e. The summed E-state index contributed by atoms with van der Waals surface area (Å²) < 4.78 is 50.7. The number of ether oxygens (including phenoxy) is 2. The van der Waals surface area contributed by atoms with Crippen molar-refractivity contribution in [2.45, 2.75) is 63.8 Å². The Labute approximate surface area is 227 Å². The van der Waals surface area contributed by atoms with Crippen molar-refractivity contribution in [3.8, 4) is 0 Å². The van der Waals surface area contributed by atoms with Gasteiger partial charge in [-0.3, -0.25) is 4.79 Å². The minimum Gasteiger partial charge on any atom is -0.379 e. The summed E-state index contributed by atoms with van der Waals surface area (Å²) in [5, 5.41) is 0. The van der Waals surface area contributed by atoms with E-state index in [0.717, 1.165) is 43.9 Å². The fourth-order valence-corrected chi connectivity index (χ4v) is 6.17. The number of carbonyl (C=O) groups is 1. The SMILES string of the molecule is COC1COCCC1CCCC1CCN(C(=O)c2cc(N3CCc4ccc(C(F)(F)F)cc4C3)ncn2)CC1. The van der Waals surface area contributed by atoms with E-state index in [2.05, 4.69) is 9.97 Å². The summed E-state index contributed by atoms with van der Waals surface area (Å²) >= 11 is 0. The molecule has 2 atom stereocenters. The van der Waals surface area contributed by atoms with Crippen molar-refractivity contribution in [1.82, 2.24) is 14.9 Å². The van der Waals surface area contributed by atoms with Crippen molar-refractivity contribution < 1.29 is 27.4 Å². The van der Waals surface area contributed by atoms with Crippen LogP contribution in [0.15, 0.2) is 30.6 Å². The summed E-state index contributed by atoms with van der Waals surface area (Å²) in [5.74, 6) is 1.64. The number of piperidine rings is 1. The minimum atomic E-state index is -4.38. The summed E-state index contributed by atoms with van der Waals surface area (Å²) in [5.41, 5.74) is 1.24. The van der Waals surface area contributed by atoms with Crippen LogP contribution >= 0.6 is 0 Å². The molecular weight excluding hydrogens is 509 g/mol. The molecule has 3 aliphatic heterocycles. The third-order valence-corrected chi connectivity index (χ3v) is 8.57.